The van der Waals surface area contributed by atoms with Crippen LogP contribution in [0, 0.1) is 13.8 Å². The van der Waals surface area contributed by atoms with Gasteiger partial charge in [-0.05, 0) is 61.6 Å². The van der Waals surface area contributed by atoms with Crippen LogP contribution >= 0.6 is 0 Å². The SMILES string of the molecule is CNC(=O)CC1CC2(CCN(C(=O)c3cc(C)oc3C)CC2)c2ccccc21. The van der Waals surface area contributed by atoms with Gasteiger partial charge in [0.25, 0.3) is 5.91 Å². The Morgan fingerprint density at radius 1 is 1.21 bits per heavy atom. The highest BCUT2D eigenvalue weighted by Gasteiger charge is 2.46. The Kier molecular flexibility index (Phi) is 4.77. The molecule has 2 aliphatic rings. The summed E-state index contributed by atoms with van der Waals surface area (Å²) >= 11 is 0. The predicted octanol–water partition coefficient (Wildman–Crippen LogP) is 3.69. The van der Waals surface area contributed by atoms with Crippen LogP contribution in [0.5, 0.6) is 0 Å². The van der Waals surface area contributed by atoms with Crippen LogP contribution in [-0.4, -0.2) is 36.9 Å². The standard InChI is InChI=1S/C23H28N2O3/c1-15-12-19(16(2)28-15)22(27)25-10-8-23(9-11-25)14-17(13-21(26)24-3)18-6-4-5-7-20(18)23/h4-7,12,17H,8-11,13-14H2,1-3H3,(H,24,26). The number of aryl methyl sites for hydroxylation is 2. The van der Waals surface area contributed by atoms with Gasteiger partial charge in [-0.15, -0.1) is 0 Å². The molecule has 4 rings (SSSR count). The van der Waals surface area contributed by atoms with Crippen molar-refractivity contribution in [2.75, 3.05) is 20.1 Å². The summed E-state index contributed by atoms with van der Waals surface area (Å²) in [6.45, 7) is 5.20. The molecule has 0 bridgehead atoms. The molecule has 1 unspecified atom stereocenters. The van der Waals surface area contributed by atoms with E-state index in [1.54, 1.807) is 7.05 Å². The number of nitrogens with one attached hydrogen (secondary N) is 1. The van der Waals surface area contributed by atoms with Crippen molar-refractivity contribution in [1.82, 2.24) is 10.2 Å². The van der Waals surface area contributed by atoms with Gasteiger partial charge < -0.3 is 14.6 Å². The van der Waals surface area contributed by atoms with Crippen LogP contribution in [0.3, 0.4) is 0 Å². The van der Waals surface area contributed by atoms with Crippen LogP contribution in [-0.2, 0) is 10.2 Å². The zero-order valence-electron chi connectivity index (χ0n) is 16.9. The zero-order valence-corrected chi connectivity index (χ0v) is 16.9. The third kappa shape index (κ3) is 3.13. The summed E-state index contributed by atoms with van der Waals surface area (Å²) < 4.78 is 5.54. The number of amides is 2. The van der Waals surface area contributed by atoms with Crippen LogP contribution in [0.1, 0.15) is 64.6 Å². The fraction of sp³-hybridized carbons (Fsp3) is 0.478. The van der Waals surface area contributed by atoms with Crippen molar-refractivity contribution >= 4 is 11.8 Å². The minimum Gasteiger partial charge on any atom is -0.466 e. The molecule has 2 amide bonds. The molecule has 28 heavy (non-hydrogen) atoms. The Bertz CT molecular complexity index is 906. The van der Waals surface area contributed by atoms with E-state index in [2.05, 4.69) is 29.6 Å². The summed E-state index contributed by atoms with van der Waals surface area (Å²) in [6.07, 6.45) is 3.41. The molecule has 1 atom stereocenters. The van der Waals surface area contributed by atoms with Crippen molar-refractivity contribution in [3.8, 4) is 0 Å². The van der Waals surface area contributed by atoms with Crippen LogP contribution in [0.15, 0.2) is 34.7 Å². The fourth-order valence-corrected chi connectivity index (χ4v) is 5.16. The number of carbonyl (C=O) groups is 2. The number of nitrogens with zero attached hydrogens (tertiary/aromatic N) is 1. The monoisotopic (exact) mass is 380 g/mol. The van der Waals surface area contributed by atoms with E-state index >= 15 is 0 Å². The maximum absolute atomic E-state index is 12.9. The minimum atomic E-state index is 0.0670. The van der Waals surface area contributed by atoms with Crippen LogP contribution in [0.25, 0.3) is 0 Å². The first-order valence-corrected chi connectivity index (χ1v) is 10.1. The first-order valence-electron chi connectivity index (χ1n) is 10.1. The Hall–Kier alpha value is -2.56. The summed E-state index contributed by atoms with van der Waals surface area (Å²) in [5.74, 6) is 1.89. The molecule has 1 fully saturated rings. The summed E-state index contributed by atoms with van der Waals surface area (Å²) in [6, 6.07) is 10.4. The van der Waals surface area contributed by atoms with Crippen LogP contribution < -0.4 is 5.32 Å². The second kappa shape index (κ2) is 7.12. The van der Waals surface area contributed by atoms with E-state index in [9.17, 15) is 9.59 Å². The molecule has 1 spiro atoms. The Morgan fingerprint density at radius 3 is 2.57 bits per heavy atom. The quantitative estimate of drug-likeness (QED) is 0.883. The van der Waals surface area contributed by atoms with Gasteiger partial charge in [-0.25, -0.2) is 0 Å². The summed E-state index contributed by atoms with van der Waals surface area (Å²) in [5.41, 5.74) is 3.45. The highest BCUT2D eigenvalue weighted by molar-refractivity contribution is 5.95. The number of hydrogen-bond donors (Lipinski definition) is 1. The fourth-order valence-electron chi connectivity index (χ4n) is 5.16. The third-order valence-electron chi connectivity index (χ3n) is 6.60. The van der Waals surface area contributed by atoms with Gasteiger partial charge in [0.1, 0.15) is 11.5 Å². The molecule has 1 saturated heterocycles. The molecule has 1 aromatic carbocycles. The normalized spacial score (nSPS) is 20.2. The number of hydrogen-bond acceptors (Lipinski definition) is 3. The second-order valence-electron chi connectivity index (χ2n) is 8.27. The molecule has 2 aromatic rings. The third-order valence-corrected chi connectivity index (χ3v) is 6.60. The molecule has 1 aliphatic carbocycles. The van der Waals surface area contributed by atoms with Crippen LogP contribution in [0.2, 0.25) is 0 Å². The molecule has 0 radical (unpaired) electrons. The number of fused-ring (bicyclic) bond motifs is 2. The average Bonchev–Trinajstić information content (AvgIpc) is 3.19. The lowest BCUT2D eigenvalue weighted by Gasteiger charge is -2.40. The number of benzene rings is 1. The van der Waals surface area contributed by atoms with Crippen molar-refractivity contribution < 1.29 is 14.0 Å². The molecule has 1 N–H and O–H groups in total. The van der Waals surface area contributed by atoms with E-state index < -0.39 is 0 Å². The van der Waals surface area contributed by atoms with Crippen molar-refractivity contribution in [1.29, 1.82) is 0 Å². The zero-order chi connectivity index (χ0) is 19.9. The second-order valence-corrected chi connectivity index (χ2v) is 8.27. The van der Waals surface area contributed by atoms with Crippen molar-refractivity contribution in [3.63, 3.8) is 0 Å². The molecule has 0 saturated carbocycles. The van der Waals surface area contributed by atoms with Gasteiger partial charge in [-0.3, -0.25) is 9.59 Å². The van der Waals surface area contributed by atoms with E-state index in [1.165, 1.54) is 11.1 Å². The molecule has 2 heterocycles. The number of furan rings is 1. The minimum absolute atomic E-state index is 0.0670. The maximum atomic E-state index is 12.9. The van der Waals surface area contributed by atoms with Gasteiger partial charge in [0.05, 0.1) is 5.56 Å². The first-order chi connectivity index (χ1) is 13.4. The largest absolute Gasteiger partial charge is 0.466 e. The number of rotatable bonds is 3. The Labute approximate surface area is 166 Å². The molecular formula is C23H28N2O3. The smallest absolute Gasteiger partial charge is 0.257 e. The lowest BCUT2D eigenvalue weighted by molar-refractivity contribution is -0.121. The topological polar surface area (TPSA) is 62.6 Å². The molecule has 1 aromatic heterocycles. The lowest BCUT2D eigenvalue weighted by atomic mass is 9.73. The summed E-state index contributed by atoms with van der Waals surface area (Å²) in [5, 5.41) is 2.76. The van der Waals surface area contributed by atoms with Gasteiger partial charge in [-0.1, -0.05) is 24.3 Å². The Morgan fingerprint density at radius 2 is 1.93 bits per heavy atom. The molecule has 1 aliphatic heterocycles. The van der Waals surface area contributed by atoms with Gasteiger partial charge >= 0.3 is 0 Å². The van der Waals surface area contributed by atoms with Crippen molar-refractivity contribution in [2.24, 2.45) is 0 Å². The van der Waals surface area contributed by atoms with Gasteiger partial charge in [0.2, 0.25) is 5.91 Å². The number of likely N-dealkylation sites (tertiary alicyclic amines) is 1. The number of piperidine rings is 1. The maximum Gasteiger partial charge on any atom is 0.257 e. The van der Waals surface area contributed by atoms with Gasteiger partial charge in [-0.2, -0.15) is 0 Å². The molecular weight excluding hydrogens is 352 g/mol. The van der Waals surface area contributed by atoms with E-state index in [4.69, 9.17) is 4.42 Å². The van der Waals surface area contributed by atoms with Gasteiger partial charge in [0.15, 0.2) is 0 Å². The van der Waals surface area contributed by atoms with Crippen molar-refractivity contribution in [3.05, 3.63) is 58.5 Å². The first kappa shape index (κ1) is 18.8. The van der Waals surface area contributed by atoms with E-state index in [-0.39, 0.29) is 23.1 Å². The van der Waals surface area contributed by atoms with Crippen molar-refractivity contribution in [2.45, 2.75) is 50.9 Å². The molecule has 5 heteroatoms. The summed E-state index contributed by atoms with van der Waals surface area (Å²) in [7, 11) is 1.70. The van der Waals surface area contributed by atoms with Gasteiger partial charge in [0, 0.05) is 26.6 Å². The molecule has 148 valence electrons. The highest BCUT2D eigenvalue weighted by Crippen LogP contribution is 2.52. The predicted molar refractivity (Wildman–Crippen MR) is 107 cm³/mol. The van der Waals surface area contributed by atoms with E-state index in [1.807, 2.05) is 24.8 Å². The van der Waals surface area contributed by atoms with E-state index in [0.29, 0.717) is 17.7 Å². The average molecular weight is 380 g/mol. The van der Waals surface area contributed by atoms with E-state index in [0.717, 1.165) is 38.1 Å². The molecule has 5 nitrogen and oxygen atoms in total. The summed E-state index contributed by atoms with van der Waals surface area (Å²) in [4.78, 5) is 26.9. The lowest BCUT2D eigenvalue weighted by Crippen LogP contribution is -2.44. The Balaban J connectivity index is 1.53. The highest BCUT2D eigenvalue weighted by atomic mass is 16.3. The number of carbonyl (C=O) groups excluding carboxylic acids is 2. The van der Waals surface area contributed by atoms with Crippen LogP contribution in [0.4, 0.5) is 0 Å².